The van der Waals surface area contributed by atoms with E-state index >= 15 is 0 Å². The quantitative estimate of drug-likeness (QED) is 0.689. The summed E-state index contributed by atoms with van der Waals surface area (Å²) >= 11 is 0. The van der Waals surface area contributed by atoms with Crippen molar-refractivity contribution in [3.63, 3.8) is 0 Å². The van der Waals surface area contributed by atoms with E-state index in [0.29, 0.717) is 11.3 Å². The van der Waals surface area contributed by atoms with Crippen LogP contribution in [0.5, 0.6) is 0 Å². The minimum absolute atomic E-state index is 0.0393. The van der Waals surface area contributed by atoms with Crippen LogP contribution < -0.4 is 10.6 Å². The molecular formula is C21H30N4O2. The molecule has 1 aromatic rings. The molecule has 1 fully saturated rings. The first-order valence-electron chi connectivity index (χ1n) is 9.88. The van der Waals surface area contributed by atoms with Crippen molar-refractivity contribution in [1.82, 2.24) is 10.2 Å². The second-order valence-electron chi connectivity index (χ2n) is 7.13. The number of nitrogens with zero attached hydrogens (tertiary/aromatic N) is 2. The van der Waals surface area contributed by atoms with Gasteiger partial charge in [-0.3, -0.25) is 14.5 Å². The van der Waals surface area contributed by atoms with Gasteiger partial charge in [0.15, 0.2) is 0 Å². The van der Waals surface area contributed by atoms with E-state index in [9.17, 15) is 9.59 Å². The third-order valence-corrected chi connectivity index (χ3v) is 5.21. The molecular weight excluding hydrogens is 340 g/mol. The van der Waals surface area contributed by atoms with E-state index in [4.69, 9.17) is 5.26 Å². The van der Waals surface area contributed by atoms with Crippen LogP contribution in [-0.2, 0) is 9.59 Å². The van der Waals surface area contributed by atoms with Crippen LogP contribution in [0.4, 0.5) is 5.69 Å². The zero-order valence-corrected chi connectivity index (χ0v) is 16.3. The highest BCUT2D eigenvalue weighted by Crippen LogP contribution is 2.20. The number of nitriles is 1. The zero-order valence-electron chi connectivity index (χ0n) is 16.3. The first-order valence-corrected chi connectivity index (χ1v) is 9.88. The van der Waals surface area contributed by atoms with E-state index in [2.05, 4.69) is 28.5 Å². The summed E-state index contributed by atoms with van der Waals surface area (Å²) < 4.78 is 0. The summed E-state index contributed by atoms with van der Waals surface area (Å²) in [5.41, 5.74) is 0.995. The third-order valence-electron chi connectivity index (χ3n) is 5.21. The smallest absolute Gasteiger partial charge is 0.241 e. The molecule has 1 aliphatic heterocycles. The molecule has 1 aliphatic rings. The van der Waals surface area contributed by atoms with Gasteiger partial charge in [-0.05, 0) is 51.4 Å². The van der Waals surface area contributed by atoms with Crippen LogP contribution in [0.15, 0.2) is 24.3 Å². The fourth-order valence-electron chi connectivity index (χ4n) is 3.37. The number of likely N-dealkylation sites (tertiary alicyclic amines) is 1. The van der Waals surface area contributed by atoms with Gasteiger partial charge in [-0.2, -0.15) is 5.26 Å². The number of benzene rings is 1. The Labute approximate surface area is 161 Å². The minimum Gasteiger partial charge on any atom is -0.356 e. The van der Waals surface area contributed by atoms with Crippen LogP contribution >= 0.6 is 0 Å². The Bertz CT molecular complexity index is 675. The average Bonchev–Trinajstić information content (AvgIpc) is 2.71. The van der Waals surface area contributed by atoms with Crippen LogP contribution in [0.1, 0.15) is 51.5 Å². The van der Waals surface area contributed by atoms with Crippen molar-refractivity contribution in [2.75, 3.05) is 25.0 Å². The topological polar surface area (TPSA) is 85.2 Å². The summed E-state index contributed by atoms with van der Waals surface area (Å²) in [5, 5.41) is 15.0. The molecule has 2 N–H and O–H groups in total. The molecule has 1 saturated heterocycles. The van der Waals surface area contributed by atoms with Crippen molar-refractivity contribution < 1.29 is 9.59 Å². The number of unbranched alkanes of at least 4 members (excludes halogenated alkanes) is 2. The number of piperidine rings is 1. The molecule has 2 amide bonds. The lowest BCUT2D eigenvalue weighted by Crippen LogP contribution is -2.48. The molecule has 2 rings (SSSR count). The summed E-state index contributed by atoms with van der Waals surface area (Å²) in [4.78, 5) is 26.9. The number of carbonyl (C=O) groups excluding carboxylic acids is 2. The first kappa shape index (κ1) is 20.9. The zero-order chi connectivity index (χ0) is 19.6. The molecule has 1 aromatic carbocycles. The molecule has 0 aliphatic carbocycles. The summed E-state index contributed by atoms with van der Waals surface area (Å²) in [6.07, 6.45) is 4.85. The van der Waals surface area contributed by atoms with E-state index in [1.54, 1.807) is 24.3 Å². The molecule has 27 heavy (non-hydrogen) atoms. The Kier molecular flexibility index (Phi) is 8.28. The molecule has 1 heterocycles. The predicted molar refractivity (Wildman–Crippen MR) is 106 cm³/mol. The lowest BCUT2D eigenvalue weighted by atomic mass is 9.95. The molecule has 1 unspecified atom stereocenters. The molecule has 0 saturated carbocycles. The SMILES string of the molecule is CCCCCNC(=O)C1CCN(C(C)C(=O)Nc2ccccc2C#N)CC1. The Morgan fingerprint density at radius 3 is 2.63 bits per heavy atom. The van der Waals surface area contributed by atoms with Gasteiger partial charge in [0.05, 0.1) is 17.3 Å². The maximum absolute atomic E-state index is 12.6. The van der Waals surface area contributed by atoms with Gasteiger partial charge in [0.1, 0.15) is 6.07 Å². The number of anilines is 1. The fraction of sp³-hybridized carbons (Fsp3) is 0.571. The van der Waals surface area contributed by atoms with Crippen molar-refractivity contribution in [1.29, 1.82) is 5.26 Å². The minimum atomic E-state index is -0.301. The van der Waals surface area contributed by atoms with Gasteiger partial charge >= 0.3 is 0 Å². The van der Waals surface area contributed by atoms with Gasteiger partial charge in [-0.15, -0.1) is 0 Å². The highest BCUT2D eigenvalue weighted by molar-refractivity contribution is 5.95. The van der Waals surface area contributed by atoms with Crippen LogP contribution in [-0.4, -0.2) is 42.4 Å². The molecule has 0 spiro atoms. The second kappa shape index (κ2) is 10.7. The molecule has 0 bridgehead atoms. The molecule has 6 nitrogen and oxygen atoms in total. The molecule has 146 valence electrons. The van der Waals surface area contributed by atoms with Crippen molar-refractivity contribution in [2.24, 2.45) is 5.92 Å². The summed E-state index contributed by atoms with van der Waals surface area (Å²) in [6, 6.07) is 8.78. The summed E-state index contributed by atoms with van der Waals surface area (Å²) in [6.45, 7) is 6.22. The molecule has 1 atom stereocenters. The standard InChI is InChI=1S/C21H30N4O2/c1-3-4-7-12-23-21(27)17-10-13-25(14-11-17)16(2)20(26)24-19-9-6-5-8-18(19)15-22/h5-6,8-9,16-17H,3-4,7,10-14H2,1-2H3,(H,23,27)(H,24,26). The number of hydrogen-bond acceptors (Lipinski definition) is 4. The number of nitrogens with one attached hydrogen (secondary N) is 2. The lowest BCUT2D eigenvalue weighted by Gasteiger charge is -2.34. The monoisotopic (exact) mass is 370 g/mol. The van der Waals surface area contributed by atoms with E-state index in [-0.39, 0.29) is 23.8 Å². The van der Waals surface area contributed by atoms with E-state index in [0.717, 1.165) is 51.7 Å². The average molecular weight is 370 g/mol. The van der Waals surface area contributed by atoms with Crippen molar-refractivity contribution in [3.8, 4) is 6.07 Å². The van der Waals surface area contributed by atoms with Crippen LogP contribution in [0.2, 0.25) is 0 Å². The number of rotatable bonds is 8. The molecule has 0 aromatic heterocycles. The maximum atomic E-state index is 12.6. The third kappa shape index (κ3) is 6.07. The van der Waals surface area contributed by atoms with E-state index < -0.39 is 0 Å². The van der Waals surface area contributed by atoms with Crippen molar-refractivity contribution in [2.45, 2.75) is 52.0 Å². The number of amides is 2. The van der Waals surface area contributed by atoms with Crippen molar-refractivity contribution >= 4 is 17.5 Å². The van der Waals surface area contributed by atoms with Gasteiger partial charge in [0.2, 0.25) is 11.8 Å². The van der Waals surface area contributed by atoms with Gasteiger partial charge in [-0.1, -0.05) is 31.9 Å². The van der Waals surface area contributed by atoms with Crippen LogP contribution in [0, 0.1) is 17.2 Å². The normalized spacial score (nSPS) is 16.3. The molecule has 6 heteroatoms. The van der Waals surface area contributed by atoms with Gasteiger partial charge in [0, 0.05) is 12.5 Å². The van der Waals surface area contributed by atoms with Crippen molar-refractivity contribution in [3.05, 3.63) is 29.8 Å². The van der Waals surface area contributed by atoms with Crippen LogP contribution in [0.25, 0.3) is 0 Å². The Balaban J connectivity index is 1.80. The highest BCUT2D eigenvalue weighted by atomic mass is 16.2. The van der Waals surface area contributed by atoms with Gasteiger partial charge in [-0.25, -0.2) is 0 Å². The number of hydrogen-bond donors (Lipinski definition) is 2. The highest BCUT2D eigenvalue weighted by Gasteiger charge is 2.29. The lowest BCUT2D eigenvalue weighted by molar-refractivity contribution is -0.127. The first-order chi connectivity index (χ1) is 13.1. The molecule has 0 radical (unpaired) electrons. The maximum Gasteiger partial charge on any atom is 0.241 e. The summed E-state index contributed by atoms with van der Waals surface area (Å²) in [7, 11) is 0. The number of carbonyl (C=O) groups is 2. The summed E-state index contributed by atoms with van der Waals surface area (Å²) in [5.74, 6) is 0.0587. The van der Waals surface area contributed by atoms with Crippen LogP contribution in [0.3, 0.4) is 0 Å². The largest absolute Gasteiger partial charge is 0.356 e. The van der Waals surface area contributed by atoms with Gasteiger partial charge in [0.25, 0.3) is 0 Å². The number of para-hydroxylation sites is 1. The second-order valence-corrected chi connectivity index (χ2v) is 7.13. The van der Waals surface area contributed by atoms with Gasteiger partial charge < -0.3 is 10.6 Å². The fourth-order valence-corrected chi connectivity index (χ4v) is 3.37. The Morgan fingerprint density at radius 1 is 1.26 bits per heavy atom. The Morgan fingerprint density at radius 2 is 1.96 bits per heavy atom. The predicted octanol–water partition coefficient (Wildman–Crippen LogP) is 2.90. The van der Waals surface area contributed by atoms with E-state index in [1.165, 1.54) is 0 Å². The van der Waals surface area contributed by atoms with E-state index in [1.807, 2.05) is 6.92 Å². The Hall–Kier alpha value is -2.39.